The predicted octanol–water partition coefficient (Wildman–Crippen LogP) is 4.43. The van der Waals surface area contributed by atoms with Crippen LogP contribution in [-0.4, -0.2) is 60.9 Å². The van der Waals surface area contributed by atoms with Crippen LogP contribution in [-0.2, 0) is 22.6 Å². The molecule has 1 fully saturated rings. The van der Waals surface area contributed by atoms with Crippen molar-refractivity contribution in [2.45, 2.75) is 59.3 Å². The third kappa shape index (κ3) is 5.00. The third-order valence-electron chi connectivity index (χ3n) is 6.93. The summed E-state index contributed by atoms with van der Waals surface area (Å²) in [4.78, 5) is 50.9. The van der Waals surface area contributed by atoms with Gasteiger partial charge in [-0.25, -0.2) is 14.4 Å². The fourth-order valence-corrected chi connectivity index (χ4v) is 5.98. The molecule has 38 heavy (non-hydrogen) atoms. The number of carbonyl (C=O) groups is 3. The normalized spacial score (nSPS) is 17.3. The number of hydrogen-bond acceptors (Lipinski definition) is 7. The molecule has 0 saturated carbocycles. The van der Waals surface area contributed by atoms with E-state index in [4.69, 9.17) is 0 Å². The number of aryl methyl sites for hydroxylation is 3. The molecule has 1 amide bonds. The Morgan fingerprint density at radius 1 is 1.08 bits per heavy atom. The molecule has 5 rings (SSSR count). The molecule has 1 saturated heterocycles. The van der Waals surface area contributed by atoms with E-state index in [-0.39, 0.29) is 43.2 Å². The maximum atomic E-state index is 14.5. The lowest BCUT2D eigenvalue weighted by Gasteiger charge is -2.23. The van der Waals surface area contributed by atoms with Crippen molar-refractivity contribution in [2.24, 2.45) is 0 Å². The summed E-state index contributed by atoms with van der Waals surface area (Å²) < 4.78 is 15.9. The molecule has 8 nitrogen and oxygen atoms in total. The second kappa shape index (κ2) is 10.2. The number of rotatable bonds is 7. The van der Waals surface area contributed by atoms with Crippen molar-refractivity contribution in [3.05, 3.63) is 63.5 Å². The molecule has 1 aromatic carbocycles. The topological polar surface area (TPSA) is 98.1 Å². The monoisotopic (exact) mass is 533 g/mol. The van der Waals surface area contributed by atoms with Crippen LogP contribution in [0.4, 0.5) is 4.39 Å². The minimum atomic E-state index is -1.26. The molecule has 0 spiro atoms. The molecule has 3 aromatic heterocycles. The van der Waals surface area contributed by atoms with Gasteiger partial charge in [-0.3, -0.25) is 19.1 Å². The summed E-state index contributed by atoms with van der Waals surface area (Å²) in [5.41, 5.74) is 3.37. The van der Waals surface area contributed by atoms with Crippen LogP contribution in [0.2, 0.25) is 0 Å². The van der Waals surface area contributed by atoms with Gasteiger partial charge in [0.15, 0.2) is 11.6 Å². The van der Waals surface area contributed by atoms with E-state index in [1.54, 1.807) is 36.7 Å². The Balaban J connectivity index is 1.41. The van der Waals surface area contributed by atoms with Gasteiger partial charge in [0.25, 0.3) is 0 Å². The highest BCUT2D eigenvalue weighted by Gasteiger charge is 2.39. The number of nitrogens with zero attached hydrogens (tertiary/aromatic N) is 5. The van der Waals surface area contributed by atoms with Crippen molar-refractivity contribution in [1.29, 1.82) is 0 Å². The number of halogens is 1. The van der Waals surface area contributed by atoms with Gasteiger partial charge in [-0.1, -0.05) is 6.07 Å². The standard InChI is InChI=1S/C28H28FN5O3S/c1-15-7-20(17(3)38-15)9-26(36)25-10-22(29)13-33(25)27(37)14-34-24-6-5-19(21-11-30-18(4)31-12-21)8-23(24)28(32-34)16(2)35/h5-8,11-12,22,25H,9-10,13-14H2,1-4H3/t22-,25+/m1/s1. The molecule has 2 atom stereocenters. The van der Waals surface area contributed by atoms with Crippen molar-refractivity contribution in [3.63, 3.8) is 0 Å². The zero-order chi connectivity index (χ0) is 27.1. The Labute approximate surface area is 223 Å². The van der Waals surface area contributed by atoms with Crippen molar-refractivity contribution in [3.8, 4) is 11.1 Å². The van der Waals surface area contributed by atoms with E-state index in [2.05, 4.69) is 15.1 Å². The number of hydrogen-bond donors (Lipinski definition) is 0. The van der Waals surface area contributed by atoms with Crippen LogP contribution in [0.3, 0.4) is 0 Å². The summed E-state index contributed by atoms with van der Waals surface area (Å²) in [5, 5.41) is 5.03. The number of fused-ring (bicyclic) bond motifs is 1. The van der Waals surface area contributed by atoms with Crippen LogP contribution in [0.25, 0.3) is 22.0 Å². The van der Waals surface area contributed by atoms with Crippen molar-refractivity contribution < 1.29 is 18.8 Å². The highest BCUT2D eigenvalue weighted by molar-refractivity contribution is 7.12. The Bertz CT molecular complexity index is 1560. The molecule has 0 unspecified atom stereocenters. The molecule has 196 valence electrons. The molecule has 4 heterocycles. The average Bonchev–Trinajstić information content (AvgIpc) is 3.54. The van der Waals surface area contributed by atoms with Gasteiger partial charge < -0.3 is 4.90 Å². The van der Waals surface area contributed by atoms with E-state index < -0.39 is 18.1 Å². The average molecular weight is 534 g/mol. The van der Waals surface area contributed by atoms with Crippen molar-refractivity contribution in [2.75, 3.05) is 6.54 Å². The molecule has 0 bridgehead atoms. The van der Waals surface area contributed by atoms with E-state index in [0.29, 0.717) is 16.7 Å². The van der Waals surface area contributed by atoms with Gasteiger partial charge in [-0.15, -0.1) is 11.3 Å². The van der Waals surface area contributed by atoms with Crippen LogP contribution in [0.1, 0.15) is 45.0 Å². The maximum Gasteiger partial charge on any atom is 0.245 e. The summed E-state index contributed by atoms with van der Waals surface area (Å²) in [5.74, 6) is -0.158. The molecule has 0 N–H and O–H groups in total. The fourth-order valence-electron chi connectivity index (χ4n) is 5.03. The van der Waals surface area contributed by atoms with Crippen LogP contribution in [0, 0.1) is 20.8 Å². The fraction of sp³-hybridized carbons (Fsp3) is 0.357. The van der Waals surface area contributed by atoms with Gasteiger partial charge in [0.2, 0.25) is 5.91 Å². The Kier molecular flexibility index (Phi) is 6.92. The molecule has 0 aliphatic carbocycles. The van der Waals surface area contributed by atoms with Gasteiger partial charge in [0.1, 0.15) is 24.2 Å². The first-order valence-electron chi connectivity index (χ1n) is 12.4. The summed E-state index contributed by atoms with van der Waals surface area (Å²) in [7, 11) is 0. The lowest BCUT2D eigenvalue weighted by molar-refractivity contribution is -0.138. The van der Waals surface area contributed by atoms with Gasteiger partial charge in [0, 0.05) is 52.9 Å². The largest absolute Gasteiger partial charge is 0.328 e. The van der Waals surface area contributed by atoms with E-state index in [0.717, 1.165) is 26.4 Å². The summed E-state index contributed by atoms with van der Waals surface area (Å²) in [6.45, 7) is 6.83. The number of amides is 1. The molecule has 1 aliphatic rings. The molecular formula is C28H28FN5O3S. The number of carbonyl (C=O) groups excluding carboxylic acids is 3. The number of Topliss-reactive ketones (excluding diaryl/α,β-unsaturated/α-hetero) is 2. The summed E-state index contributed by atoms with van der Waals surface area (Å²) in [6, 6.07) is 6.64. The maximum absolute atomic E-state index is 14.5. The minimum Gasteiger partial charge on any atom is -0.328 e. The van der Waals surface area contributed by atoms with Crippen molar-refractivity contribution in [1.82, 2.24) is 24.6 Å². The van der Waals surface area contributed by atoms with E-state index in [1.165, 1.54) is 16.5 Å². The van der Waals surface area contributed by atoms with E-state index in [1.807, 2.05) is 32.0 Å². The number of benzene rings is 1. The Hall–Kier alpha value is -3.79. The number of aromatic nitrogens is 4. The number of thiophene rings is 1. The molecule has 10 heteroatoms. The zero-order valence-electron chi connectivity index (χ0n) is 21.7. The highest BCUT2D eigenvalue weighted by atomic mass is 32.1. The third-order valence-corrected chi connectivity index (χ3v) is 7.94. The first-order valence-corrected chi connectivity index (χ1v) is 13.2. The minimum absolute atomic E-state index is 0.00667. The first kappa shape index (κ1) is 25.8. The van der Waals surface area contributed by atoms with Gasteiger partial charge in [-0.2, -0.15) is 5.10 Å². The van der Waals surface area contributed by atoms with Gasteiger partial charge in [0.05, 0.1) is 18.1 Å². The number of alkyl halides is 1. The molecular weight excluding hydrogens is 505 g/mol. The summed E-state index contributed by atoms with van der Waals surface area (Å²) in [6.07, 6.45) is 2.32. The number of ketones is 2. The second-order valence-electron chi connectivity index (χ2n) is 9.79. The van der Waals surface area contributed by atoms with E-state index in [9.17, 15) is 18.8 Å². The first-order chi connectivity index (χ1) is 18.1. The Morgan fingerprint density at radius 2 is 1.82 bits per heavy atom. The van der Waals surface area contributed by atoms with Crippen LogP contribution in [0.15, 0.2) is 36.7 Å². The smallest absolute Gasteiger partial charge is 0.245 e. The number of likely N-dealkylation sites (tertiary alicyclic amines) is 1. The lowest BCUT2D eigenvalue weighted by Crippen LogP contribution is -2.43. The van der Waals surface area contributed by atoms with Crippen molar-refractivity contribution >= 4 is 39.7 Å². The predicted molar refractivity (Wildman–Crippen MR) is 143 cm³/mol. The molecule has 1 aliphatic heterocycles. The van der Waals surface area contributed by atoms with Gasteiger partial charge in [-0.05, 0) is 50.1 Å². The second-order valence-corrected chi connectivity index (χ2v) is 11.3. The van der Waals surface area contributed by atoms with E-state index >= 15 is 0 Å². The quantitative estimate of drug-likeness (QED) is 0.326. The highest BCUT2D eigenvalue weighted by Crippen LogP contribution is 2.29. The van der Waals surface area contributed by atoms with Crippen LogP contribution < -0.4 is 0 Å². The summed E-state index contributed by atoms with van der Waals surface area (Å²) >= 11 is 1.62. The zero-order valence-corrected chi connectivity index (χ0v) is 22.5. The van der Waals surface area contributed by atoms with Crippen LogP contribution in [0.5, 0.6) is 0 Å². The molecule has 0 radical (unpaired) electrons. The van der Waals surface area contributed by atoms with Crippen LogP contribution >= 0.6 is 11.3 Å². The Morgan fingerprint density at radius 3 is 2.47 bits per heavy atom. The lowest BCUT2D eigenvalue weighted by atomic mass is 10.0. The van der Waals surface area contributed by atoms with Gasteiger partial charge >= 0.3 is 0 Å². The molecule has 4 aromatic rings. The SMILES string of the molecule is CC(=O)c1nn(CC(=O)N2C[C@H](F)C[C@H]2C(=O)Cc2cc(C)sc2C)c2ccc(-c3cnc(C)nc3)cc12.